The molecule has 4 heteroatoms. The lowest BCUT2D eigenvalue weighted by molar-refractivity contribution is 0.102. The molecule has 1 amide bonds. The fourth-order valence-electron chi connectivity index (χ4n) is 1.23. The van der Waals surface area contributed by atoms with Crippen molar-refractivity contribution < 1.29 is 4.79 Å². The van der Waals surface area contributed by atoms with E-state index in [0.717, 1.165) is 10.2 Å². The molecular weight excluding hydrogens is 256 g/mol. The molecule has 1 aromatic heterocycles. The fraction of sp³-hybridized carbons (Fsp3) is 0. The van der Waals surface area contributed by atoms with Gasteiger partial charge in [-0.05, 0) is 24.3 Å². The van der Waals surface area contributed by atoms with Crippen molar-refractivity contribution in [3.05, 3.63) is 52.8 Å². The van der Waals surface area contributed by atoms with Crippen LogP contribution in [0.15, 0.2) is 47.2 Å². The second-order valence-corrected chi connectivity index (χ2v) is 3.98. The smallest absolute Gasteiger partial charge is 0.257 e. The van der Waals surface area contributed by atoms with Gasteiger partial charge in [-0.1, -0.05) is 22.0 Å². The van der Waals surface area contributed by atoms with Crippen LogP contribution in [-0.4, -0.2) is 10.9 Å². The van der Waals surface area contributed by atoms with Crippen LogP contribution in [0.4, 0.5) is 5.69 Å². The van der Waals surface area contributed by atoms with E-state index in [1.165, 1.54) is 0 Å². The Kier molecular flexibility index (Phi) is 2.87. The van der Waals surface area contributed by atoms with Crippen LogP contribution >= 0.6 is 15.9 Å². The highest BCUT2D eigenvalue weighted by molar-refractivity contribution is 9.10. The molecule has 0 saturated carbocycles. The standard InChI is InChI=1S/C11H9BrN2O/c12-9-2-1-3-10(6-9)14-11(15)8-4-5-13-7-8/h1-7,13H,(H,14,15). The molecule has 0 spiro atoms. The van der Waals surface area contributed by atoms with Crippen LogP contribution in [0.2, 0.25) is 0 Å². The van der Waals surface area contributed by atoms with Crippen molar-refractivity contribution in [3.8, 4) is 0 Å². The largest absolute Gasteiger partial charge is 0.367 e. The fourth-order valence-corrected chi connectivity index (χ4v) is 1.63. The summed E-state index contributed by atoms with van der Waals surface area (Å²) in [5.41, 5.74) is 1.39. The topological polar surface area (TPSA) is 44.9 Å². The summed E-state index contributed by atoms with van der Waals surface area (Å²) in [6.45, 7) is 0. The molecule has 15 heavy (non-hydrogen) atoms. The Morgan fingerprint density at radius 3 is 2.87 bits per heavy atom. The number of halogens is 1. The summed E-state index contributed by atoms with van der Waals surface area (Å²) in [6.07, 6.45) is 3.38. The van der Waals surface area contributed by atoms with Gasteiger partial charge in [0, 0.05) is 22.6 Å². The molecule has 1 heterocycles. The third-order valence-electron chi connectivity index (χ3n) is 1.94. The molecule has 0 atom stereocenters. The van der Waals surface area contributed by atoms with Crippen molar-refractivity contribution in [2.45, 2.75) is 0 Å². The molecule has 2 aromatic rings. The van der Waals surface area contributed by atoms with Crippen molar-refractivity contribution in [1.82, 2.24) is 4.98 Å². The second-order valence-electron chi connectivity index (χ2n) is 3.06. The van der Waals surface area contributed by atoms with Gasteiger partial charge in [-0.2, -0.15) is 0 Å². The average Bonchev–Trinajstić information content (AvgIpc) is 2.70. The van der Waals surface area contributed by atoms with Crippen LogP contribution < -0.4 is 5.32 Å². The van der Waals surface area contributed by atoms with Gasteiger partial charge in [0.1, 0.15) is 0 Å². The molecular formula is C11H9BrN2O. The molecule has 0 aliphatic carbocycles. The molecule has 0 unspecified atom stereocenters. The third kappa shape index (κ3) is 2.47. The van der Waals surface area contributed by atoms with E-state index in [1.807, 2.05) is 24.3 Å². The minimum Gasteiger partial charge on any atom is -0.367 e. The zero-order valence-electron chi connectivity index (χ0n) is 7.83. The van der Waals surface area contributed by atoms with Crippen molar-refractivity contribution in [3.63, 3.8) is 0 Å². The lowest BCUT2D eigenvalue weighted by Gasteiger charge is -2.03. The van der Waals surface area contributed by atoms with Gasteiger partial charge in [0.2, 0.25) is 0 Å². The Balaban J connectivity index is 2.13. The number of aromatic nitrogens is 1. The predicted octanol–water partition coefficient (Wildman–Crippen LogP) is 3.03. The molecule has 0 aliphatic rings. The number of H-pyrrole nitrogens is 1. The van der Waals surface area contributed by atoms with Gasteiger partial charge in [0.05, 0.1) is 5.56 Å². The summed E-state index contributed by atoms with van der Waals surface area (Å²) in [5.74, 6) is -0.116. The number of aromatic amines is 1. The summed E-state index contributed by atoms with van der Waals surface area (Å²) < 4.78 is 0.939. The first kappa shape index (κ1) is 9.98. The zero-order valence-corrected chi connectivity index (χ0v) is 9.41. The number of hydrogen-bond acceptors (Lipinski definition) is 1. The number of amides is 1. The molecule has 0 fully saturated rings. The number of nitrogens with one attached hydrogen (secondary N) is 2. The summed E-state index contributed by atoms with van der Waals surface area (Å²) in [7, 11) is 0. The van der Waals surface area contributed by atoms with Gasteiger partial charge in [0.15, 0.2) is 0 Å². The van der Waals surface area contributed by atoms with Crippen molar-refractivity contribution in [2.75, 3.05) is 5.32 Å². The molecule has 76 valence electrons. The first-order chi connectivity index (χ1) is 7.25. The van der Waals surface area contributed by atoms with E-state index in [2.05, 4.69) is 26.2 Å². The zero-order chi connectivity index (χ0) is 10.7. The van der Waals surface area contributed by atoms with Gasteiger partial charge in [-0.15, -0.1) is 0 Å². The van der Waals surface area contributed by atoms with Gasteiger partial charge >= 0.3 is 0 Å². The first-order valence-electron chi connectivity index (χ1n) is 4.45. The lowest BCUT2D eigenvalue weighted by atomic mass is 10.3. The maximum atomic E-state index is 11.6. The predicted molar refractivity (Wildman–Crippen MR) is 62.9 cm³/mol. The SMILES string of the molecule is O=C(Nc1cccc(Br)c1)c1cc[nH]c1. The summed E-state index contributed by atoms with van der Waals surface area (Å²) in [5, 5.41) is 2.80. The van der Waals surface area contributed by atoms with E-state index in [-0.39, 0.29) is 5.91 Å². The van der Waals surface area contributed by atoms with Gasteiger partial charge in [0.25, 0.3) is 5.91 Å². The number of rotatable bonds is 2. The highest BCUT2D eigenvalue weighted by Gasteiger charge is 2.05. The van der Waals surface area contributed by atoms with Gasteiger partial charge in [-0.3, -0.25) is 4.79 Å². The van der Waals surface area contributed by atoms with Crippen LogP contribution in [0, 0.1) is 0 Å². The molecule has 0 radical (unpaired) electrons. The maximum absolute atomic E-state index is 11.6. The third-order valence-corrected chi connectivity index (χ3v) is 2.44. The Bertz CT molecular complexity index is 465. The molecule has 2 rings (SSSR count). The molecule has 0 aliphatic heterocycles. The Morgan fingerprint density at radius 1 is 1.33 bits per heavy atom. The minimum atomic E-state index is -0.116. The van der Waals surface area contributed by atoms with Crippen molar-refractivity contribution >= 4 is 27.5 Å². The Hall–Kier alpha value is -1.55. The second kappa shape index (κ2) is 4.31. The Labute approximate surface area is 95.6 Å². The average molecular weight is 265 g/mol. The number of benzene rings is 1. The summed E-state index contributed by atoms with van der Waals surface area (Å²) in [4.78, 5) is 14.5. The van der Waals surface area contributed by atoms with Crippen LogP contribution in [0.5, 0.6) is 0 Å². The highest BCUT2D eigenvalue weighted by Crippen LogP contribution is 2.16. The van der Waals surface area contributed by atoms with Crippen LogP contribution in [-0.2, 0) is 0 Å². The molecule has 3 nitrogen and oxygen atoms in total. The van der Waals surface area contributed by atoms with E-state index in [4.69, 9.17) is 0 Å². The monoisotopic (exact) mass is 264 g/mol. The van der Waals surface area contributed by atoms with Crippen molar-refractivity contribution in [1.29, 1.82) is 0 Å². The van der Waals surface area contributed by atoms with Crippen LogP contribution in [0.1, 0.15) is 10.4 Å². The number of hydrogen-bond donors (Lipinski definition) is 2. The van der Waals surface area contributed by atoms with E-state index >= 15 is 0 Å². The van der Waals surface area contributed by atoms with E-state index < -0.39 is 0 Å². The van der Waals surface area contributed by atoms with Crippen LogP contribution in [0.25, 0.3) is 0 Å². The molecule has 1 aromatic carbocycles. The molecule has 0 saturated heterocycles. The molecule has 0 bridgehead atoms. The van der Waals surface area contributed by atoms with E-state index in [0.29, 0.717) is 5.56 Å². The van der Waals surface area contributed by atoms with Crippen LogP contribution in [0.3, 0.4) is 0 Å². The number of carbonyl (C=O) groups is 1. The first-order valence-corrected chi connectivity index (χ1v) is 5.25. The number of carbonyl (C=O) groups excluding carboxylic acids is 1. The number of anilines is 1. The summed E-state index contributed by atoms with van der Waals surface area (Å²) in [6, 6.07) is 9.20. The van der Waals surface area contributed by atoms with E-state index in [9.17, 15) is 4.79 Å². The minimum absolute atomic E-state index is 0.116. The quantitative estimate of drug-likeness (QED) is 0.861. The highest BCUT2D eigenvalue weighted by atomic mass is 79.9. The summed E-state index contributed by atoms with van der Waals surface area (Å²) >= 11 is 3.34. The van der Waals surface area contributed by atoms with E-state index in [1.54, 1.807) is 18.5 Å². The molecule has 2 N–H and O–H groups in total. The normalized spacial score (nSPS) is 9.93. The van der Waals surface area contributed by atoms with Gasteiger partial charge < -0.3 is 10.3 Å². The Morgan fingerprint density at radius 2 is 2.20 bits per heavy atom. The lowest BCUT2D eigenvalue weighted by Crippen LogP contribution is -2.10. The maximum Gasteiger partial charge on any atom is 0.257 e. The van der Waals surface area contributed by atoms with Crippen molar-refractivity contribution in [2.24, 2.45) is 0 Å². The van der Waals surface area contributed by atoms with Gasteiger partial charge in [-0.25, -0.2) is 0 Å².